The Kier molecular flexibility index (Phi) is 5.52. The van der Waals surface area contributed by atoms with Gasteiger partial charge in [-0.05, 0) is 32.9 Å². The molecule has 1 aliphatic heterocycles. The summed E-state index contributed by atoms with van der Waals surface area (Å²) in [6.45, 7) is 6.46. The Labute approximate surface area is 159 Å². The average molecular weight is 392 g/mol. The fourth-order valence-electron chi connectivity index (χ4n) is 3.10. The predicted octanol–water partition coefficient (Wildman–Crippen LogP) is 1.25. The number of piperazine rings is 1. The molecular weight excluding hydrogens is 368 g/mol. The zero-order chi connectivity index (χ0) is 19.6. The molecule has 1 aromatic heterocycles. The average Bonchev–Trinajstić information content (AvgIpc) is 3.00. The second-order valence-electron chi connectivity index (χ2n) is 6.65. The van der Waals surface area contributed by atoms with E-state index in [2.05, 4.69) is 10.2 Å². The summed E-state index contributed by atoms with van der Waals surface area (Å²) >= 11 is 0. The Morgan fingerprint density at radius 2 is 1.74 bits per heavy atom. The molecule has 0 saturated carbocycles. The summed E-state index contributed by atoms with van der Waals surface area (Å²) < 4.78 is 32.6. The molecular formula is C18H24N4O4S. The van der Waals surface area contributed by atoms with Gasteiger partial charge in [0, 0.05) is 26.2 Å². The monoisotopic (exact) mass is 392 g/mol. The van der Waals surface area contributed by atoms with Crippen molar-refractivity contribution in [2.45, 2.75) is 25.7 Å². The SMILES string of the molecule is Cc1ccc(OCC(=O)N2CCN(S(=O)(=O)c3c(C)n[nH]c3C)CC2)cc1. The summed E-state index contributed by atoms with van der Waals surface area (Å²) in [6.07, 6.45) is 0. The van der Waals surface area contributed by atoms with Crippen LogP contribution in [0, 0.1) is 20.8 Å². The first-order chi connectivity index (χ1) is 12.8. The molecule has 1 saturated heterocycles. The number of hydrogen-bond donors (Lipinski definition) is 1. The molecule has 146 valence electrons. The molecule has 0 radical (unpaired) electrons. The third kappa shape index (κ3) is 4.14. The number of rotatable bonds is 5. The standard InChI is InChI=1S/C18H24N4O4S/c1-13-4-6-16(7-5-13)26-12-17(23)21-8-10-22(11-9-21)27(24,25)18-14(2)19-20-15(18)3/h4-7H,8-12H2,1-3H3,(H,19,20). The van der Waals surface area contributed by atoms with Gasteiger partial charge in [0.15, 0.2) is 6.61 Å². The number of ether oxygens (including phenoxy) is 1. The second kappa shape index (κ2) is 7.69. The van der Waals surface area contributed by atoms with Crippen molar-refractivity contribution >= 4 is 15.9 Å². The van der Waals surface area contributed by atoms with Gasteiger partial charge in [0.05, 0.1) is 11.4 Å². The number of amides is 1. The zero-order valence-corrected chi connectivity index (χ0v) is 16.5. The molecule has 0 aliphatic carbocycles. The highest BCUT2D eigenvalue weighted by molar-refractivity contribution is 7.89. The van der Waals surface area contributed by atoms with Gasteiger partial charge in [-0.2, -0.15) is 9.40 Å². The summed E-state index contributed by atoms with van der Waals surface area (Å²) in [5.74, 6) is 0.490. The van der Waals surface area contributed by atoms with Crippen molar-refractivity contribution < 1.29 is 17.9 Å². The molecule has 0 bridgehead atoms. The maximum Gasteiger partial charge on any atom is 0.260 e. The van der Waals surface area contributed by atoms with Crippen molar-refractivity contribution in [1.82, 2.24) is 19.4 Å². The molecule has 0 spiro atoms. The molecule has 1 aliphatic rings. The van der Waals surface area contributed by atoms with Crippen molar-refractivity contribution in [2.24, 2.45) is 0 Å². The maximum absolute atomic E-state index is 12.8. The second-order valence-corrected chi connectivity index (χ2v) is 8.52. The largest absolute Gasteiger partial charge is 0.484 e. The molecule has 1 amide bonds. The number of nitrogens with zero attached hydrogens (tertiary/aromatic N) is 3. The van der Waals surface area contributed by atoms with Crippen LogP contribution in [0.1, 0.15) is 17.0 Å². The van der Waals surface area contributed by atoms with Crippen LogP contribution in [0.25, 0.3) is 0 Å². The van der Waals surface area contributed by atoms with Crippen molar-refractivity contribution in [3.8, 4) is 5.75 Å². The lowest BCUT2D eigenvalue weighted by Crippen LogP contribution is -2.51. The molecule has 1 N–H and O–H groups in total. The number of aromatic amines is 1. The highest BCUT2D eigenvalue weighted by Gasteiger charge is 2.33. The number of benzene rings is 1. The number of aromatic nitrogens is 2. The van der Waals surface area contributed by atoms with Gasteiger partial charge < -0.3 is 9.64 Å². The van der Waals surface area contributed by atoms with Gasteiger partial charge in [-0.15, -0.1) is 0 Å². The van der Waals surface area contributed by atoms with E-state index in [0.717, 1.165) is 5.56 Å². The first-order valence-corrected chi connectivity index (χ1v) is 10.2. The number of aryl methyl sites for hydroxylation is 3. The lowest BCUT2D eigenvalue weighted by molar-refractivity contribution is -0.134. The van der Waals surface area contributed by atoms with Crippen LogP contribution in [0.2, 0.25) is 0 Å². The molecule has 27 heavy (non-hydrogen) atoms. The van der Waals surface area contributed by atoms with E-state index in [0.29, 0.717) is 30.2 Å². The van der Waals surface area contributed by atoms with E-state index in [1.165, 1.54) is 4.31 Å². The van der Waals surface area contributed by atoms with Crippen LogP contribution in [0.3, 0.4) is 0 Å². The topological polar surface area (TPSA) is 95.6 Å². The first kappa shape index (κ1) is 19.4. The predicted molar refractivity (Wildman–Crippen MR) is 100 cm³/mol. The normalized spacial score (nSPS) is 15.7. The van der Waals surface area contributed by atoms with Crippen LogP contribution in [-0.4, -0.2) is 66.5 Å². The van der Waals surface area contributed by atoms with Crippen molar-refractivity contribution in [3.05, 3.63) is 41.2 Å². The lowest BCUT2D eigenvalue weighted by atomic mass is 10.2. The fraction of sp³-hybridized carbons (Fsp3) is 0.444. The van der Waals surface area contributed by atoms with Gasteiger partial charge in [0.1, 0.15) is 10.6 Å². The summed E-state index contributed by atoms with van der Waals surface area (Å²) in [5.41, 5.74) is 2.10. The van der Waals surface area contributed by atoms with E-state index in [1.807, 2.05) is 31.2 Å². The Balaban J connectivity index is 1.56. The molecule has 3 rings (SSSR count). The molecule has 1 aromatic carbocycles. The zero-order valence-electron chi connectivity index (χ0n) is 15.7. The van der Waals surface area contributed by atoms with Crippen LogP contribution in [-0.2, 0) is 14.8 Å². The van der Waals surface area contributed by atoms with E-state index < -0.39 is 10.0 Å². The van der Waals surface area contributed by atoms with Crippen LogP contribution >= 0.6 is 0 Å². The third-order valence-corrected chi connectivity index (χ3v) is 6.80. The molecule has 0 unspecified atom stereocenters. The van der Waals surface area contributed by atoms with Crippen LogP contribution in [0.4, 0.5) is 0 Å². The van der Waals surface area contributed by atoms with Crippen molar-refractivity contribution in [1.29, 1.82) is 0 Å². The van der Waals surface area contributed by atoms with E-state index in [4.69, 9.17) is 4.74 Å². The van der Waals surface area contributed by atoms with Gasteiger partial charge >= 0.3 is 0 Å². The van der Waals surface area contributed by atoms with Gasteiger partial charge in [0.25, 0.3) is 5.91 Å². The molecule has 2 aromatic rings. The molecule has 9 heteroatoms. The van der Waals surface area contributed by atoms with Gasteiger partial charge in [-0.3, -0.25) is 9.89 Å². The molecule has 2 heterocycles. The fourth-order valence-corrected chi connectivity index (χ4v) is 4.85. The van der Waals surface area contributed by atoms with Crippen molar-refractivity contribution in [3.63, 3.8) is 0 Å². The van der Waals surface area contributed by atoms with Gasteiger partial charge in [-0.1, -0.05) is 17.7 Å². The Bertz CT molecular complexity index is 894. The summed E-state index contributed by atoms with van der Waals surface area (Å²) in [4.78, 5) is 14.2. The minimum atomic E-state index is -3.62. The number of carbonyl (C=O) groups is 1. The minimum Gasteiger partial charge on any atom is -0.484 e. The number of nitrogens with one attached hydrogen (secondary N) is 1. The highest BCUT2D eigenvalue weighted by Crippen LogP contribution is 2.22. The smallest absolute Gasteiger partial charge is 0.260 e. The van der Waals surface area contributed by atoms with Crippen molar-refractivity contribution in [2.75, 3.05) is 32.8 Å². The minimum absolute atomic E-state index is 0.0598. The number of H-pyrrole nitrogens is 1. The maximum atomic E-state index is 12.8. The summed E-state index contributed by atoms with van der Waals surface area (Å²) in [5, 5.41) is 6.68. The van der Waals surface area contributed by atoms with Crippen LogP contribution < -0.4 is 4.74 Å². The Hall–Kier alpha value is -2.39. The Morgan fingerprint density at radius 1 is 1.11 bits per heavy atom. The first-order valence-electron chi connectivity index (χ1n) is 8.78. The van der Waals surface area contributed by atoms with E-state index >= 15 is 0 Å². The van der Waals surface area contributed by atoms with E-state index in [-0.39, 0.29) is 30.5 Å². The van der Waals surface area contributed by atoms with E-state index in [1.54, 1.807) is 18.7 Å². The summed E-state index contributed by atoms with van der Waals surface area (Å²) in [6, 6.07) is 7.48. The number of carbonyl (C=O) groups excluding carboxylic acids is 1. The van der Waals surface area contributed by atoms with Gasteiger partial charge in [0.2, 0.25) is 10.0 Å². The number of sulfonamides is 1. The van der Waals surface area contributed by atoms with E-state index in [9.17, 15) is 13.2 Å². The van der Waals surface area contributed by atoms with Gasteiger partial charge in [-0.25, -0.2) is 8.42 Å². The highest BCUT2D eigenvalue weighted by atomic mass is 32.2. The van der Waals surface area contributed by atoms with Crippen LogP contribution in [0.15, 0.2) is 29.2 Å². The molecule has 1 fully saturated rings. The third-order valence-electron chi connectivity index (χ3n) is 4.63. The quantitative estimate of drug-likeness (QED) is 0.826. The molecule has 8 nitrogen and oxygen atoms in total. The summed E-state index contributed by atoms with van der Waals surface area (Å²) in [7, 11) is -3.62. The molecule has 0 atom stereocenters. The van der Waals surface area contributed by atoms with Crippen LogP contribution in [0.5, 0.6) is 5.75 Å². The lowest BCUT2D eigenvalue weighted by Gasteiger charge is -2.34. The Morgan fingerprint density at radius 3 is 2.30 bits per heavy atom. The number of hydrogen-bond acceptors (Lipinski definition) is 5.